The minimum absolute atomic E-state index is 0.267. The third-order valence-electron chi connectivity index (χ3n) is 3.23. The number of aromatic nitrogens is 2. The SMILES string of the molecule is Nc1c(C(=O)N/N=C\c2ccccc2)cnn1-c1ccccc1. The van der Waals surface area contributed by atoms with Crippen LogP contribution in [0.5, 0.6) is 0 Å². The van der Waals surface area contributed by atoms with E-state index in [0.717, 1.165) is 11.3 Å². The number of anilines is 1. The highest BCUT2D eigenvalue weighted by Crippen LogP contribution is 2.16. The molecule has 3 aromatic rings. The molecule has 0 atom stereocenters. The zero-order valence-corrected chi connectivity index (χ0v) is 12.3. The van der Waals surface area contributed by atoms with E-state index < -0.39 is 5.91 Å². The van der Waals surface area contributed by atoms with Crippen molar-refractivity contribution in [1.82, 2.24) is 15.2 Å². The summed E-state index contributed by atoms with van der Waals surface area (Å²) < 4.78 is 1.51. The van der Waals surface area contributed by atoms with Crippen molar-refractivity contribution >= 4 is 17.9 Å². The number of nitrogens with one attached hydrogen (secondary N) is 1. The fourth-order valence-electron chi connectivity index (χ4n) is 2.07. The maximum absolute atomic E-state index is 12.1. The number of hydrogen-bond acceptors (Lipinski definition) is 4. The summed E-state index contributed by atoms with van der Waals surface area (Å²) in [6.45, 7) is 0. The van der Waals surface area contributed by atoms with E-state index in [0.29, 0.717) is 0 Å². The molecule has 0 saturated heterocycles. The Kier molecular flexibility index (Phi) is 4.15. The first kappa shape index (κ1) is 14.5. The fraction of sp³-hybridized carbons (Fsp3) is 0. The molecule has 0 radical (unpaired) electrons. The number of carbonyl (C=O) groups excluding carboxylic acids is 1. The molecule has 0 unspecified atom stereocenters. The van der Waals surface area contributed by atoms with Crippen LogP contribution in [0, 0.1) is 0 Å². The average molecular weight is 305 g/mol. The van der Waals surface area contributed by atoms with Crippen molar-refractivity contribution in [1.29, 1.82) is 0 Å². The van der Waals surface area contributed by atoms with Gasteiger partial charge in [-0.2, -0.15) is 10.2 Å². The Balaban J connectivity index is 1.74. The first-order valence-corrected chi connectivity index (χ1v) is 7.03. The summed E-state index contributed by atoms with van der Waals surface area (Å²) in [6.07, 6.45) is 2.99. The second-order valence-corrected chi connectivity index (χ2v) is 4.80. The minimum atomic E-state index is -0.406. The van der Waals surface area contributed by atoms with Crippen LogP contribution < -0.4 is 11.2 Å². The van der Waals surface area contributed by atoms with Gasteiger partial charge in [0.05, 0.1) is 18.1 Å². The van der Waals surface area contributed by atoms with E-state index in [1.165, 1.54) is 10.9 Å². The lowest BCUT2D eigenvalue weighted by Crippen LogP contribution is -2.18. The molecule has 114 valence electrons. The van der Waals surface area contributed by atoms with Crippen molar-refractivity contribution in [3.63, 3.8) is 0 Å². The number of nitrogen functional groups attached to an aromatic ring is 1. The Morgan fingerprint density at radius 1 is 1.09 bits per heavy atom. The van der Waals surface area contributed by atoms with Gasteiger partial charge in [-0.1, -0.05) is 48.5 Å². The van der Waals surface area contributed by atoms with Crippen LogP contribution >= 0.6 is 0 Å². The van der Waals surface area contributed by atoms with Gasteiger partial charge in [-0.15, -0.1) is 0 Å². The van der Waals surface area contributed by atoms with Gasteiger partial charge in [0.25, 0.3) is 5.91 Å². The van der Waals surface area contributed by atoms with Gasteiger partial charge in [-0.3, -0.25) is 4.79 Å². The van der Waals surface area contributed by atoms with Gasteiger partial charge in [-0.05, 0) is 17.7 Å². The van der Waals surface area contributed by atoms with E-state index in [1.807, 2.05) is 60.7 Å². The summed E-state index contributed by atoms with van der Waals surface area (Å²) in [7, 11) is 0. The van der Waals surface area contributed by atoms with Crippen LogP contribution in [0.4, 0.5) is 5.82 Å². The Hall–Kier alpha value is -3.41. The second kappa shape index (κ2) is 6.57. The van der Waals surface area contributed by atoms with Gasteiger partial charge in [0.15, 0.2) is 0 Å². The minimum Gasteiger partial charge on any atom is -0.383 e. The van der Waals surface area contributed by atoms with Gasteiger partial charge < -0.3 is 5.73 Å². The van der Waals surface area contributed by atoms with Crippen molar-refractivity contribution in [2.45, 2.75) is 0 Å². The van der Waals surface area contributed by atoms with E-state index in [2.05, 4.69) is 15.6 Å². The summed E-state index contributed by atoms with van der Waals surface area (Å²) in [6, 6.07) is 18.8. The van der Waals surface area contributed by atoms with E-state index in [1.54, 1.807) is 6.21 Å². The molecular weight excluding hydrogens is 290 g/mol. The topological polar surface area (TPSA) is 85.3 Å². The van der Waals surface area contributed by atoms with Crippen LogP contribution in [0.2, 0.25) is 0 Å². The van der Waals surface area contributed by atoms with Gasteiger partial charge in [0.2, 0.25) is 0 Å². The third-order valence-corrected chi connectivity index (χ3v) is 3.23. The van der Waals surface area contributed by atoms with Crippen LogP contribution in [0.15, 0.2) is 72.0 Å². The number of hydrogen-bond donors (Lipinski definition) is 2. The molecule has 0 aliphatic heterocycles. The van der Waals surface area contributed by atoms with E-state index in [9.17, 15) is 4.79 Å². The van der Waals surface area contributed by atoms with Gasteiger partial charge >= 0.3 is 0 Å². The molecule has 0 aliphatic rings. The summed E-state index contributed by atoms with van der Waals surface area (Å²) in [4.78, 5) is 12.1. The first-order chi connectivity index (χ1) is 11.3. The maximum Gasteiger partial charge on any atom is 0.276 e. The summed E-state index contributed by atoms with van der Waals surface area (Å²) in [5.41, 5.74) is 10.4. The predicted octanol–water partition coefficient (Wildman–Crippen LogP) is 2.22. The zero-order valence-electron chi connectivity index (χ0n) is 12.3. The molecule has 23 heavy (non-hydrogen) atoms. The maximum atomic E-state index is 12.1. The first-order valence-electron chi connectivity index (χ1n) is 7.03. The lowest BCUT2D eigenvalue weighted by molar-refractivity contribution is 0.0956. The Labute approximate surface area is 133 Å². The lowest BCUT2D eigenvalue weighted by atomic mass is 10.2. The Morgan fingerprint density at radius 3 is 2.43 bits per heavy atom. The van der Waals surface area contributed by atoms with Gasteiger partial charge in [-0.25, -0.2) is 10.1 Å². The highest BCUT2D eigenvalue weighted by molar-refractivity contribution is 5.98. The van der Waals surface area contributed by atoms with Crippen molar-refractivity contribution in [3.8, 4) is 5.69 Å². The highest BCUT2D eigenvalue weighted by Gasteiger charge is 2.15. The Morgan fingerprint density at radius 2 is 1.74 bits per heavy atom. The number of carbonyl (C=O) groups is 1. The van der Waals surface area contributed by atoms with Gasteiger partial charge in [0, 0.05) is 0 Å². The molecule has 1 heterocycles. The standard InChI is InChI=1S/C17H15N5O/c18-16-15(12-20-22(16)14-9-5-2-6-10-14)17(23)21-19-11-13-7-3-1-4-8-13/h1-12H,18H2,(H,21,23)/b19-11-. The average Bonchev–Trinajstić information content (AvgIpc) is 2.98. The number of rotatable bonds is 4. The van der Waals surface area contributed by atoms with Crippen LogP contribution in [-0.2, 0) is 0 Å². The lowest BCUT2D eigenvalue weighted by Gasteiger charge is -2.04. The van der Waals surface area contributed by atoms with E-state index in [4.69, 9.17) is 5.73 Å². The molecule has 3 rings (SSSR count). The van der Waals surface area contributed by atoms with E-state index >= 15 is 0 Å². The molecule has 0 bridgehead atoms. The molecule has 0 fully saturated rings. The highest BCUT2D eigenvalue weighted by atomic mass is 16.2. The molecule has 3 N–H and O–H groups in total. The molecular formula is C17H15N5O. The quantitative estimate of drug-likeness (QED) is 0.572. The van der Waals surface area contributed by atoms with E-state index in [-0.39, 0.29) is 11.4 Å². The van der Waals surface area contributed by atoms with Crippen molar-refractivity contribution in [3.05, 3.63) is 78.0 Å². The second-order valence-electron chi connectivity index (χ2n) is 4.80. The summed E-state index contributed by atoms with van der Waals surface area (Å²) in [5, 5.41) is 8.08. The number of benzene rings is 2. The molecule has 2 aromatic carbocycles. The number of nitrogens with zero attached hydrogens (tertiary/aromatic N) is 3. The third kappa shape index (κ3) is 3.26. The number of amides is 1. The van der Waals surface area contributed by atoms with Crippen molar-refractivity contribution < 1.29 is 4.79 Å². The number of nitrogens with two attached hydrogens (primary N) is 1. The van der Waals surface area contributed by atoms with Crippen molar-refractivity contribution in [2.75, 3.05) is 5.73 Å². The number of hydrazone groups is 1. The molecule has 0 spiro atoms. The van der Waals surface area contributed by atoms with Gasteiger partial charge in [0.1, 0.15) is 11.4 Å². The van der Waals surface area contributed by atoms with Crippen LogP contribution in [0.3, 0.4) is 0 Å². The molecule has 0 saturated carbocycles. The van der Waals surface area contributed by atoms with Crippen LogP contribution in [0.25, 0.3) is 5.69 Å². The zero-order chi connectivity index (χ0) is 16.1. The monoisotopic (exact) mass is 305 g/mol. The fourth-order valence-corrected chi connectivity index (χ4v) is 2.07. The molecule has 1 aromatic heterocycles. The van der Waals surface area contributed by atoms with Crippen LogP contribution in [-0.4, -0.2) is 21.9 Å². The molecule has 0 aliphatic carbocycles. The Bertz CT molecular complexity index is 825. The predicted molar refractivity (Wildman–Crippen MR) is 89.5 cm³/mol. The van der Waals surface area contributed by atoms with Crippen LogP contribution in [0.1, 0.15) is 15.9 Å². The largest absolute Gasteiger partial charge is 0.383 e. The summed E-state index contributed by atoms with van der Waals surface area (Å²) in [5.74, 6) is -0.138. The molecule has 1 amide bonds. The molecule has 6 heteroatoms. The van der Waals surface area contributed by atoms with Crippen molar-refractivity contribution in [2.24, 2.45) is 5.10 Å². The smallest absolute Gasteiger partial charge is 0.276 e. The normalized spacial score (nSPS) is 10.8. The number of para-hydroxylation sites is 1. The summed E-state index contributed by atoms with van der Waals surface area (Å²) >= 11 is 0. The molecule has 6 nitrogen and oxygen atoms in total.